The van der Waals surface area contributed by atoms with Crippen molar-refractivity contribution in [1.29, 1.82) is 0 Å². The first-order chi connectivity index (χ1) is 8.79. The van der Waals surface area contributed by atoms with Crippen LogP contribution in [0.1, 0.15) is 15.6 Å². The molecule has 4 heteroatoms. The van der Waals surface area contributed by atoms with Gasteiger partial charge in [0, 0.05) is 17.8 Å². The van der Waals surface area contributed by atoms with E-state index in [0.29, 0.717) is 6.61 Å². The molecule has 1 aromatic carbocycles. The predicted molar refractivity (Wildman–Crippen MR) is 75.3 cm³/mol. The van der Waals surface area contributed by atoms with Crippen molar-refractivity contribution in [1.82, 2.24) is 10.3 Å². The second-order valence-electron chi connectivity index (χ2n) is 4.06. The lowest BCUT2D eigenvalue weighted by molar-refractivity contribution is 0.321. The van der Waals surface area contributed by atoms with Crippen LogP contribution in [0, 0.1) is 6.92 Å². The van der Waals surface area contributed by atoms with Gasteiger partial charge in [-0.2, -0.15) is 0 Å². The molecule has 0 aliphatic heterocycles. The molecule has 18 heavy (non-hydrogen) atoms. The maximum absolute atomic E-state index is 5.67. The molecule has 0 spiro atoms. The van der Waals surface area contributed by atoms with Gasteiger partial charge in [-0.05, 0) is 26.1 Å². The number of nitrogens with one attached hydrogen (secondary N) is 1. The smallest absolute Gasteiger partial charge is 0.119 e. The average molecular weight is 262 g/mol. The first kappa shape index (κ1) is 13.1. The summed E-state index contributed by atoms with van der Waals surface area (Å²) in [5.74, 6) is 0.918. The lowest BCUT2D eigenvalue weighted by Crippen LogP contribution is -2.04. The molecule has 0 unspecified atom stereocenters. The van der Waals surface area contributed by atoms with E-state index in [2.05, 4.69) is 17.2 Å². The molecule has 0 bridgehead atoms. The van der Waals surface area contributed by atoms with E-state index in [4.69, 9.17) is 4.74 Å². The van der Waals surface area contributed by atoms with Crippen molar-refractivity contribution in [2.24, 2.45) is 0 Å². The maximum atomic E-state index is 5.67. The minimum absolute atomic E-state index is 0.677. The average Bonchev–Trinajstić information content (AvgIpc) is 2.72. The summed E-state index contributed by atoms with van der Waals surface area (Å²) >= 11 is 1.77. The van der Waals surface area contributed by atoms with Crippen LogP contribution in [0.3, 0.4) is 0 Å². The summed E-state index contributed by atoms with van der Waals surface area (Å²) < 4.78 is 5.67. The number of rotatable bonds is 6. The van der Waals surface area contributed by atoms with E-state index in [-0.39, 0.29) is 0 Å². The molecule has 0 amide bonds. The van der Waals surface area contributed by atoms with E-state index in [9.17, 15) is 0 Å². The Labute approximate surface area is 112 Å². The number of para-hydroxylation sites is 1. The fourth-order valence-electron chi connectivity index (χ4n) is 1.69. The number of thiazole rings is 1. The van der Waals surface area contributed by atoms with Crippen LogP contribution in [-0.4, -0.2) is 18.6 Å². The van der Waals surface area contributed by atoms with Gasteiger partial charge in [0.2, 0.25) is 0 Å². The lowest BCUT2D eigenvalue weighted by atomic mass is 10.3. The topological polar surface area (TPSA) is 34.1 Å². The number of nitrogens with zero attached hydrogens (tertiary/aromatic N) is 1. The van der Waals surface area contributed by atoms with E-state index in [1.165, 1.54) is 4.88 Å². The Morgan fingerprint density at radius 2 is 2.06 bits per heavy atom. The Bertz CT molecular complexity index is 482. The zero-order valence-corrected chi connectivity index (χ0v) is 11.6. The van der Waals surface area contributed by atoms with Crippen LogP contribution < -0.4 is 10.1 Å². The summed E-state index contributed by atoms with van der Waals surface area (Å²) in [6.07, 6.45) is 0.865. The predicted octanol–water partition coefficient (Wildman–Crippen LogP) is 2.79. The molecule has 1 aromatic heterocycles. The van der Waals surface area contributed by atoms with E-state index in [1.54, 1.807) is 11.3 Å². The Morgan fingerprint density at radius 1 is 1.28 bits per heavy atom. The summed E-state index contributed by atoms with van der Waals surface area (Å²) in [5.41, 5.74) is 1.13. The number of ether oxygens (including phenoxy) is 1. The van der Waals surface area contributed by atoms with Gasteiger partial charge in [0.05, 0.1) is 17.3 Å². The standard InChI is InChI=1S/C14H18N2OS/c1-11-13(10-15-2)18-14(16-11)8-9-17-12-6-4-3-5-7-12/h3-7,15H,8-10H2,1-2H3. The van der Waals surface area contributed by atoms with Gasteiger partial charge in [0.15, 0.2) is 0 Å². The highest BCUT2D eigenvalue weighted by Crippen LogP contribution is 2.18. The van der Waals surface area contributed by atoms with Gasteiger partial charge in [-0.15, -0.1) is 11.3 Å². The highest BCUT2D eigenvalue weighted by atomic mass is 32.1. The second-order valence-corrected chi connectivity index (χ2v) is 5.23. The van der Waals surface area contributed by atoms with Crippen LogP contribution in [0.2, 0.25) is 0 Å². The van der Waals surface area contributed by atoms with Crippen LogP contribution in [0.5, 0.6) is 5.75 Å². The molecule has 2 aromatic rings. The van der Waals surface area contributed by atoms with Crippen molar-refractivity contribution in [3.05, 3.63) is 45.9 Å². The third-order valence-corrected chi connectivity index (χ3v) is 3.82. The molecule has 0 atom stereocenters. The third kappa shape index (κ3) is 3.55. The van der Waals surface area contributed by atoms with Gasteiger partial charge in [0.25, 0.3) is 0 Å². The highest BCUT2D eigenvalue weighted by molar-refractivity contribution is 7.11. The SMILES string of the molecule is CNCc1sc(CCOc2ccccc2)nc1C. The fraction of sp³-hybridized carbons (Fsp3) is 0.357. The van der Waals surface area contributed by atoms with Gasteiger partial charge < -0.3 is 10.1 Å². The summed E-state index contributed by atoms with van der Waals surface area (Å²) in [5, 5.41) is 4.31. The highest BCUT2D eigenvalue weighted by Gasteiger charge is 2.06. The fourth-order valence-corrected chi connectivity index (χ4v) is 2.75. The molecule has 3 nitrogen and oxygen atoms in total. The first-order valence-electron chi connectivity index (χ1n) is 6.07. The Balaban J connectivity index is 1.85. The Kier molecular flexibility index (Phi) is 4.73. The zero-order chi connectivity index (χ0) is 12.8. The summed E-state index contributed by atoms with van der Waals surface area (Å²) in [6.45, 7) is 3.63. The van der Waals surface area contributed by atoms with E-state index >= 15 is 0 Å². The van der Waals surface area contributed by atoms with Crippen molar-refractivity contribution >= 4 is 11.3 Å². The van der Waals surface area contributed by atoms with Crippen molar-refractivity contribution in [2.75, 3.05) is 13.7 Å². The molecule has 1 heterocycles. The van der Waals surface area contributed by atoms with Crippen molar-refractivity contribution in [3.8, 4) is 5.75 Å². The zero-order valence-electron chi connectivity index (χ0n) is 10.8. The molecule has 0 radical (unpaired) electrons. The van der Waals surface area contributed by atoms with Crippen molar-refractivity contribution in [2.45, 2.75) is 19.9 Å². The van der Waals surface area contributed by atoms with E-state index in [0.717, 1.165) is 29.4 Å². The number of hydrogen-bond acceptors (Lipinski definition) is 4. The number of hydrogen-bond donors (Lipinski definition) is 1. The van der Waals surface area contributed by atoms with Gasteiger partial charge in [-0.3, -0.25) is 0 Å². The van der Waals surface area contributed by atoms with Gasteiger partial charge in [0.1, 0.15) is 5.75 Å². The first-order valence-corrected chi connectivity index (χ1v) is 6.89. The van der Waals surface area contributed by atoms with E-state index < -0.39 is 0 Å². The molecule has 0 fully saturated rings. The molecular formula is C14H18N2OS. The van der Waals surface area contributed by atoms with Gasteiger partial charge in [-0.1, -0.05) is 18.2 Å². The molecule has 2 rings (SSSR count). The minimum Gasteiger partial charge on any atom is -0.493 e. The summed E-state index contributed by atoms with van der Waals surface area (Å²) in [6, 6.07) is 9.89. The molecule has 0 aliphatic rings. The summed E-state index contributed by atoms with van der Waals surface area (Å²) in [7, 11) is 1.96. The third-order valence-electron chi connectivity index (χ3n) is 2.60. The van der Waals surface area contributed by atoms with Gasteiger partial charge >= 0.3 is 0 Å². The lowest BCUT2D eigenvalue weighted by Gasteiger charge is -2.03. The van der Waals surface area contributed by atoms with Crippen LogP contribution in [0.15, 0.2) is 30.3 Å². The Morgan fingerprint density at radius 3 is 2.78 bits per heavy atom. The molecule has 0 aliphatic carbocycles. The summed E-state index contributed by atoms with van der Waals surface area (Å²) in [4.78, 5) is 5.87. The molecule has 1 N–H and O–H groups in total. The second kappa shape index (κ2) is 6.52. The van der Waals surface area contributed by atoms with Crippen LogP contribution in [-0.2, 0) is 13.0 Å². The molecule has 0 saturated carbocycles. The van der Waals surface area contributed by atoms with Crippen molar-refractivity contribution in [3.63, 3.8) is 0 Å². The van der Waals surface area contributed by atoms with Gasteiger partial charge in [-0.25, -0.2) is 4.98 Å². The van der Waals surface area contributed by atoms with Crippen molar-refractivity contribution < 1.29 is 4.74 Å². The molecular weight excluding hydrogens is 244 g/mol. The number of aryl methyl sites for hydroxylation is 1. The maximum Gasteiger partial charge on any atom is 0.119 e. The monoisotopic (exact) mass is 262 g/mol. The largest absolute Gasteiger partial charge is 0.493 e. The minimum atomic E-state index is 0.677. The van der Waals surface area contributed by atoms with Crippen LogP contribution >= 0.6 is 11.3 Å². The normalized spacial score (nSPS) is 10.6. The molecule has 0 saturated heterocycles. The quantitative estimate of drug-likeness (QED) is 0.869. The number of benzene rings is 1. The van der Waals surface area contributed by atoms with Crippen LogP contribution in [0.4, 0.5) is 0 Å². The molecule has 96 valence electrons. The van der Waals surface area contributed by atoms with Crippen LogP contribution in [0.25, 0.3) is 0 Å². The number of aromatic nitrogens is 1. The Hall–Kier alpha value is -1.39. The van der Waals surface area contributed by atoms with E-state index in [1.807, 2.05) is 37.4 Å².